The Kier molecular flexibility index (Phi) is 3.16. The molecule has 4 heteroatoms. The normalized spacial score (nSPS) is 27.4. The molecule has 0 spiro atoms. The summed E-state index contributed by atoms with van der Waals surface area (Å²) in [5.41, 5.74) is 1.66. The molecule has 3 heterocycles. The van der Waals surface area contributed by atoms with Gasteiger partial charge in [-0.3, -0.25) is 0 Å². The van der Waals surface area contributed by atoms with E-state index in [1.807, 2.05) is 12.1 Å². The lowest BCUT2D eigenvalue weighted by Gasteiger charge is -2.31. The third-order valence-corrected chi connectivity index (χ3v) is 4.05. The Morgan fingerprint density at radius 2 is 2.33 bits per heavy atom. The van der Waals surface area contributed by atoms with E-state index in [0.717, 1.165) is 18.8 Å². The van der Waals surface area contributed by atoms with Gasteiger partial charge in [-0.1, -0.05) is 0 Å². The Hall–Kier alpha value is -1.60. The second-order valence-electron chi connectivity index (χ2n) is 5.12. The summed E-state index contributed by atoms with van der Waals surface area (Å²) in [6.45, 7) is 2.24. The highest BCUT2D eigenvalue weighted by Crippen LogP contribution is 2.29. The van der Waals surface area contributed by atoms with E-state index in [9.17, 15) is 0 Å². The fraction of sp³-hybridized carbons (Fsp3) is 0.571. The Morgan fingerprint density at radius 3 is 3.11 bits per heavy atom. The van der Waals surface area contributed by atoms with E-state index in [2.05, 4.69) is 21.3 Å². The molecule has 2 atom stereocenters. The van der Waals surface area contributed by atoms with Crippen LogP contribution >= 0.6 is 0 Å². The first-order valence-corrected chi connectivity index (χ1v) is 6.74. The molecule has 1 N–H and O–H groups in total. The molecule has 0 bridgehead atoms. The van der Waals surface area contributed by atoms with Gasteiger partial charge in [0.05, 0.1) is 0 Å². The first-order chi connectivity index (χ1) is 8.88. The molecule has 0 aliphatic carbocycles. The lowest BCUT2D eigenvalue weighted by Crippen LogP contribution is -2.44. The van der Waals surface area contributed by atoms with Crippen LogP contribution in [0.3, 0.4) is 0 Å². The van der Waals surface area contributed by atoms with Crippen LogP contribution in [-0.2, 0) is 0 Å². The van der Waals surface area contributed by atoms with Crippen molar-refractivity contribution in [2.75, 3.05) is 18.0 Å². The minimum absolute atomic E-state index is 0.512. The largest absolute Gasteiger partial charge is 0.367 e. The third kappa shape index (κ3) is 2.06. The van der Waals surface area contributed by atoms with Crippen LogP contribution in [0, 0.1) is 11.3 Å². The molecule has 4 nitrogen and oxygen atoms in total. The summed E-state index contributed by atoms with van der Waals surface area (Å²) < 4.78 is 0. The van der Waals surface area contributed by atoms with Gasteiger partial charge in [-0.05, 0) is 44.4 Å². The minimum Gasteiger partial charge on any atom is -0.367 e. The van der Waals surface area contributed by atoms with Crippen molar-refractivity contribution in [3.63, 3.8) is 0 Å². The number of pyridine rings is 1. The summed E-state index contributed by atoms with van der Waals surface area (Å²) in [5.74, 6) is 0. The first-order valence-electron chi connectivity index (χ1n) is 6.74. The number of hydrogen-bond acceptors (Lipinski definition) is 4. The highest BCUT2D eigenvalue weighted by Gasteiger charge is 2.33. The predicted molar refractivity (Wildman–Crippen MR) is 70.3 cm³/mol. The van der Waals surface area contributed by atoms with Gasteiger partial charge in [0.2, 0.25) is 0 Å². The van der Waals surface area contributed by atoms with Crippen LogP contribution in [0.25, 0.3) is 0 Å². The standard InChI is InChI=1S/C14H18N4/c15-10-11-9-12(5-7-16-11)18-8-2-4-14(18)13-3-1-6-17-13/h5,7,9,13-14,17H,1-4,6,8H2. The van der Waals surface area contributed by atoms with Crippen molar-refractivity contribution in [3.8, 4) is 6.07 Å². The summed E-state index contributed by atoms with van der Waals surface area (Å²) in [6, 6.07) is 7.26. The van der Waals surface area contributed by atoms with E-state index in [1.54, 1.807) is 6.20 Å². The number of nitriles is 1. The second-order valence-corrected chi connectivity index (χ2v) is 5.12. The van der Waals surface area contributed by atoms with E-state index in [-0.39, 0.29) is 0 Å². The molecule has 1 aromatic heterocycles. The molecule has 3 rings (SSSR count). The van der Waals surface area contributed by atoms with Crippen molar-refractivity contribution in [2.45, 2.75) is 37.8 Å². The molecule has 2 aliphatic heterocycles. The van der Waals surface area contributed by atoms with Crippen LogP contribution in [0.2, 0.25) is 0 Å². The van der Waals surface area contributed by atoms with Gasteiger partial charge in [0.15, 0.2) is 0 Å². The van der Waals surface area contributed by atoms with Crippen LogP contribution in [-0.4, -0.2) is 30.2 Å². The smallest absolute Gasteiger partial charge is 0.142 e. The first kappa shape index (κ1) is 11.5. The molecule has 2 aliphatic rings. The van der Waals surface area contributed by atoms with Crippen molar-refractivity contribution in [3.05, 3.63) is 24.0 Å². The van der Waals surface area contributed by atoms with Gasteiger partial charge in [-0.2, -0.15) is 5.26 Å². The molecule has 2 saturated heterocycles. The van der Waals surface area contributed by atoms with Crippen LogP contribution in [0.4, 0.5) is 5.69 Å². The maximum Gasteiger partial charge on any atom is 0.142 e. The monoisotopic (exact) mass is 242 g/mol. The van der Waals surface area contributed by atoms with E-state index >= 15 is 0 Å². The summed E-state index contributed by atoms with van der Waals surface area (Å²) in [5, 5.41) is 12.5. The van der Waals surface area contributed by atoms with E-state index in [1.165, 1.54) is 25.7 Å². The molecule has 0 saturated carbocycles. The predicted octanol–water partition coefficient (Wildman–Crippen LogP) is 1.67. The average molecular weight is 242 g/mol. The molecular weight excluding hydrogens is 224 g/mol. The van der Waals surface area contributed by atoms with Crippen molar-refractivity contribution >= 4 is 5.69 Å². The van der Waals surface area contributed by atoms with E-state index in [0.29, 0.717) is 17.8 Å². The summed E-state index contributed by atoms with van der Waals surface area (Å²) >= 11 is 0. The summed E-state index contributed by atoms with van der Waals surface area (Å²) in [7, 11) is 0. The van der Waals surface area contributed by atoms with Gasteiger partial charge in [0.1, 0.15) is 11.8 Å². The van der Waals surface area contributed by atoms with Crippen molar-refractivity contribution in [1.29, 1.82) is 5.26 Å². The van der Waals surface area contributed by atoms with Crippen molar-refractivity contribution in [1.82, 2.24) is 10.3 Å². The van der Waals surface area contributed by atoms with Crippen LogP contribution in [0.15, 0.2) is 18.3 Å². The fourth-order valence-corrected chi connectivity index (χ4v) is 3.23. The minimum atomic E-state index is 0.512. The Bertz CT molecular complexity index is 459. The second kappa shape index (κ2) is 4.95. The molecule has 0 aromatic carbocycles. The zero-order chi connectivity index (χ0) is 12.4. The quantitative estimate of drug-likeness (QED) is 0.857. The number of hydrogen-bond donors (Lipinski definition) is 1. The molecular formula is C14H18N4. The maximum atomic E-state index is 8.94. The number of nitrogens with zero attached hydrogens (tertiary/aromatic N) is 3. The van der Waals surface area contributed by atoms with Crippen LogP contribution in [0.1, 0.15) is 31.4 Å². The van der Waals surface area contributed by atoms with Crippen molar-refractivity contribution in [2.24, 2.45) is 0 Å². The van der Waals surface area contributed by atoms with Crippen molar-refractivity contribution < 1.29 is 0 Å². The number of anilines is 1. The molecule has 94 valence electrons. The lowest BCUT2D eigenvalue weighted by molar-refractivity contribution is 0.482. The SMILES string of the molecule is N#Cc1cc(N2CCCC2C2CCCN2)ccn1. The topological polar surface area (TPSA) is 52.0 Å². The Morgan fingerprint density at radius 1 is 1.39 bits per heavy atom. The van der Waals surface area contributed by atoms with Gasteiger partial charge in [-0.25, -0.2) is 4.98 Å². The van der Waals surface area contributed by atoms with E-state index in [4.69, 9.17) is 5.26 Å². The maximum absolute atomic E-state index is 8.94. The highest BCUT2D eigenvalue weighted by molar-refractivity contribution is 5.51. The molecule has 2 unspecified atom stereocenters. The van der Waals surface area contributed by atoms with Gasteiger partial charge in [-0.15, -0.1) is 0 Å². The highest BCUT2D eigenvalue weighted by atomic mass is 15.2. The average Bonchev–Trinajstić information content (AvgIpc) is 3.09. The molecule has 1 aromatic rings. The molecule has 0 radical (unpaired) electrons. The van der Waals surface area contributed by atoms with Gasteiger partial charge >= 0.3 is 0 Å². The summed E-state index contributed by atoms with van der Waals surface area (Å²) in [6.07, 6.45) is 6.80. The van der Waals surface area contributed by atoms with Crippen LogP contribution in [0.5, 0.6) is 0 Å². The number of aromatic nitrogens is 1. The number of rotatable bonds is 2. The zero-order valence-corrected chi connectivity index (χ0v) is 10.5. The zero-order valence-electron chi connectivity index (χ0n) is 10.5. The van der Waals surface area contributed by atoms with Gasteiger partial charge in [0.25, 0.3) is 0 Å². The number of nitrogens with one attached hydrogen (secondary N) is 1. The molecule has 0 amide bonds. The molecule has 18 heavy (non-hydrogen) atoms. The summed E-state index contributed by atoms with van der Waals surface area (Å²) in [4.78, 5) is 6.50. The molecule has 2 fully saturated rings. The lowest BCUT2D eigenvalue weighted by atomic mass is 10.0. The fourth-order valence-electron chi connectivity index (χ4n) is 3.23. The third-order valence-electron chi connectivity index (χ3n) is 4.05. The Labute approximate surface area is 108 Å². The van der Waals surface area contributed by atoms with Gasteiger partial charge < -0.3 is 10.2 Å². The van der Waals surface area contributed by atoms with Crippen LogP contribution < -0.4 is 10.2 Å². The van der Waals surface area contributed by atoms with E-state index < -0.39 is 0 Å². The van der Waals surface area contributed by atoms with Gasteiger partial charge in [0, 0.05) is 30.5 Å². The Balaban J connectivity index is 1.83.